The zero-order valence-electron chi connectivity index (χ0n) is 12.8. The van der Waals surface area contributed by atoms with E-state index in [2.05, 4.69) is 4.98 Å². The van der Waals surface area contributed by atoms with Gasteiger partial charge in [0, 0.05) is 24.7 Å². The van der Waals surface area contributed by atoms with E-state index < -0.39 is 21.4 Å². The predicted molar refractivity (Wildman–Crippen MR) is 86.3 cm³/mol. The van der Waals surface area contributed by atoms with Crippen LogP contribution in [-0.4, -0.2) is 41.9 Å². The van der Waals surface area contributed by atoms with E-state index in [1.807, 2.05) is 12.1 Å². The molecule has 7 heteroatoms. The molecule has 2 heterocycles. The molecule has 1 N–H and O–H groups in total. The molecule has 0 aliphatic carbocycles. The van der Waals surface area contributed by atoms with E-state index in [1.54, 1.807) is 31.3 Å². The minimum absolute atomic E-state index is 0.0167. The van der Waals surface area contributed by atoms with E-state index in [0.717, 1.165) is 5.39 Å². The number of fused-ring (bicyclic) bond motifs is 1. The maximum atomic E-state index is 12.7. The van der Waals surface area contributed by atoms with E-state index in [4.69, 9.17) is 0 Å². The van der Waals surface area contributed by atoms with Gasteiger partial charge in [0.15, 0.2) is 0 Å². The van der Waals surface area contributed by atoms with Crippen molar-refractivity contribution >= 4 is 26.9 Å². The highest BCUT2D eigenvalue weighted by molar-refractivity contribution is 7.88. The molecule has 122 valence electrons. The number of carboxylic acids is 1. The normalized spacial score (nSPS) is 22.5. The van der Waals surface area contributed by atoms with Crippen molar-refractivity contribution in [2.45, 2.75) is 19.1 Å². The third-order valence-corrected chi connectivity index (χ3v) is 6.18. The number of aliphatic carboxylic acids is 1. The highest BCUT2D eigenvalue weighted by Gasteiger charge is 2.44. The lowest BCUT2D eigenvalue weighted by atomic mass is 9.90. The van der Waals surface area contributed by atoms with E-state index in [1.165, 1.54) is 4.31 Å². The Kier molecular flexibility index (Phi) is 3.85. The number of sulfonamides is 1. The van der Waals surface area contributed by atoms with Crippen LogP contribution in [0.5, 0.6) is 0 Å². The Labute approximate surface area is 134 Å². The molecule has 0 saturated carbocycles. The standard InChI is InChI=1S/C16H18N2O4S/c1-16(15(19)20)7-9-18(11-16)23(21,22)10-13-5-2-4-12-6-3-8-17-14(12)13/h2-6,8H,7,9-11H2,1H3,(H,19,20). The van der Waals surface area contributed by atoms with Gasteiger partial charge in [-0.15, -0.1) is 0 Å². The van der Waals surface area contributed by atoms with Crippen LogP contribution in [0.3, 0.4) is 0 Å². The van der Waals surface area contributed by atoms with Crippen molar-refractivity contribution in [2.24, 2.45) is 5.41 Å². The summed E-state index contributed by atoms with van der Waals surface area (Å²) in [6.07, 6.45) is 1.96. The zero-order chi connectivity index (χ0) is 16.7. The first kappa shape index (κ1) is 15.9. The first-order valence-electron chi connectivity index (χ1n) is 7.36. The van der Waals surface area contributed by atoms with Gasteiger partial charge in [-0.1, -0.05) is 24.3 Å². The van der Waals surface area contributed by atoms with Crippen LogP contribution in [0.2, 0.25) is 0 Å². The average Bonchev–Trinajstić information content (AvgIpc) is 2.92. The lowest BCUT2D eigenvalue weighted by Gasteiger charge is -2.20. The van der Waals surface area contributed by atoms with Crippen LogP contribution in [0.15, 0.2) is 36.5 Å². The molecule has 0 spiro atoms. The highest BCUT2D eigenvalue weighted by atomic mass is 32.2. The molecular formula is C16H18N2O4S. The van der Waals surface area contributed by atoms with Gasteiger partial charge in [-0.25, -0.2) is 12.7 Å². The summed E-state index contributed by atoms with van der Waals surface area (Å²) in [6.45, 7) is 1.84. The minimum Gasteiger partial charge on any atom is -0.481 e. The number of nitrogens with zero attached hydrogens (tertiary/aromatic N) is 2. The van der Waals surface area contributed by atoms with E-state index in [0.29, 0.717) is 17.5 Å². The second-order valence-electron chi connectivity index (χ2n) is 6.20. The Hall–Kier alpha value is -1.99. The van der Waals surface area contributed by atoms with Gasteiger partial charge in [0.05, 0.1) is 16.7 Å². The molecular weight excluding hydrogens is 316 g/mol. The monoisotopic (exact) mass is 334 g/mol. The molecule has 1 aliphatic heterocycles. The summed E-state index contributed by atoms with van der Waals surface area (Å²) in [4.78, 5) is 15.6. The third-order valence-electron chi connectivity index (χ3n) is 4.40. The number of pyridine rings is 1. The first-order chi connectivity index (χ1) is 10.8. The van der Waals surface area contributed by atoms with Crippen molar-refractivity contribution in [1.82, 2.24) is 9.29 Å². The van der Waals surface area contributed by atoms with Crippen molar-refractivity contribution in [2.75, 3.05) is 13.1 Å². The van der Waals surface area contributed by atoms with Gasteiger partial charge >= 0.3 is 5.97 Å². The van der Waals surface area contributed by atoms with Gasteiger partial charge in [0.2, 0.25) is 10.0 Å². The number of para-hydroxylation sites is 1. The Morgan fingerprint density at radius 2 is 2.09 bits per heavy atom. The van der Waals surface area contributed by atoms with Crippen LogP contribution >= 0.6 is 0 Å². The fourth-order valence-electron chi connectivity index (χ4n) is 2.90. The maximum absolute atomic E-state index is 12.7. The van der Waals surface area contributed by atoms with Gasteiger partial charge < -0.3 is 5.11 Å². The lowest BCUT2D eigenvalue weighted by Crippen LogP contribution is -2.35. The van der Waals surface area contributed by atoms with E-state index in [-0.39, 0.29) is 18.8 Å². The fourth-order valence-corrected chi connectivity index (χ4v) is 4.56. The lowest BCUT2D eigenvalue weighted by molar-refractivity contribution is -0.146. The Morgan fingerprint density at radius 3 is 2.78 bits per heavy atom. The van der Waals surface area contributed by atoms with Crippen molar-refractivity contribution < 1.29 is 18.3 Å². The number of benzene rings is 1. The molecule has 1 aromatic carbocycles. The molecule has 2 aromatic rings. The van der Waals surface area contributed by atoms with Gasteiger partial charge in [0.1, 0.15) is 0 Å². The molecule has 0 radical (unpaired) electrons. The minimum atomic E-state index is -3.58. The van der Waals surface area contributed by atoms with Crippen molar-refractivity contribution in [3.63, 3.8) is 0 Å². The molecule has 1 atom stereocenters. The van der Waals surface area contributed by atoms with Crippen LogP contribution in [0, 0.1) is 5.41 Å². The molecule has 3 rings (SSSR count). The molecule has 23 heavy (non-hydrogen) atoms. The van der Waals surface area contributed by atoms with Crippen molar-refractivity contribution in [3.05, 3.63) is 42.1 Å². The summed E-state index contributed by atoms with van der Waals surface area (Å²) in [5.74, 6) is -1.13. The van der Waals surface area contributed by atoms with E-state index in [9.17, 15) is 18.3 Å². The van der Waals surface area contributed by atoms with Gasteiger partial charge in [-0.3, -0.25) is 9.78 Å². The van der Waals surface area contributed by atoms with Crippen LogP contribution in [0.25, 0.3) is 10.9 Å². The summed E-state index contributed by atoms with van der Waals surface area (Å²) < 4.78 is 26.6. The first-order valence-corrected chi connectivity index (χ1v) is 8.97. The highest BCUT2D eigenvalue weighted by Crippen LogP contribution is 2.33. The topological polar surface area (TPSA) is 87.6 Å². The smallest absolute Gasteiger partial charge is 0.310 e. The van der Waals surface area contributed by atoms with Crippen molar-refractivity contribution in [3.8, 4) is 0 Å². The second kappa shape index (κ2) is 5.58. The van der Waals surface area contributed by atoms with Gasteiger partial charge in [0.25, 0.3) is 0 Å². The average molecular weight is 334 g/mol. The molecule has 1 aromatic heterocycles. The van der Waals surface area contributed by atoms with Crippen LogP contribution in [-0.2, 0) is 20.6 Å². The number of rotatable bonds is 4. The molecule has 0 bridgehead atoms. The van der Waals surface area contributed by atoms with Crippen LogP contribution in [0.1, 0.15) is 18.9 Å². The van der Waals surface area contributed by atoms with Gasteiger partial charge in [-0.2, -0.15) is 0 Å². The Morgan fingerprint density at radius 1 is 1.35 bits per heavy atom. The van der Waals surface area contributed by atoms with E-state index >= 15 is 0 Å². The summed E-state index contributed by atoms with van der Waals surface area (Å²) in [5.41, 5.74) is 0.287. The number of carboxylic acid groups (broad SMARTS) is 1. The second-order valence-corrected chi connectivity index (χ2v) is 8.17. The summed E-state index contributed by atoms with van der Waals surface area (Å²) in [7, 11) is -3.58. The molecule has 1 unspecified atom stereocenters. The fraction of sp³-hybridized carbons (Fsp3) is 0.375. The number of hydrogen-bond donors (Lipinski definition) is 1. The van der Waals surface area contributed by atoms with Crippen molar-refractivity contribution in [1.29, 1.82) is 0 Å². The van der Waals surface area contributed by atoms with Gasteiger partial charge in [-0.05, 0) is 25.0 Å². The van der Waals surface area contributed by atoms with Crippen LogP contribution in [0.4, 0.5) is 0 Å². The molecule has 0 amide bonds. The SMILES string of the molecule is CC1(C(=O)O)CCN(S(=O)(=O)Cc2cccc3cccnc23)C1. The summed E-state index contributed by atoms with van der Waals surface area (Å²) in [6, 6.07) is 9.13. The number of hydrogen-bond acceptors (Lipinski definition) is 4. The van der Waals surface area contributed by atoms with Crippen LogP contribution < -0.4 is 0 Å². The molecule has 6 nitrogen and oxygen atoms in total. The summed E-state index contributed by atoms with van der Waals surface area (Å²) >= 11 is 0. The third kappa shape index (κ3) is 2.94. The largest absolute Gasteiger partial charge is 0.481 e. The maximum Gasteiger partial charge on any atom is 0.310 e. The summed E-state index contributed by atoms with van der Waals surface area (Å²) in [5, 5.41) is 10.1. The molecule has 1 aliphatic rings. The zero-order valence-corrected chi connectivity index (χ0v) is 13.6. The Balaban J connectivity index is 1.88. The molecule has 1 saturated heterocycles. The number of aromatic nitrogens is 1. The predicted octanol–water partition coefficient (Wildman–Crippen LogP) is 1.86. The Bertz CT molecular complexity index is 860. The number of carbonyl (C=O) groups is 1. The molecule has 1 fully saturated rings. The quantitative estimate of drug-likeness (QED) is 0.922.